The normalized spacial score (nSPS) is 23.3. The van der Waals surface area contributed by atoms with Crippen molar-refractivity contribution in [2.45, 2.75) is 58.3 Å². The maximum absolute atomic E-state index is 11.8. The molecule has 0 radical (unpaired) electrons. The number of ether oxygens (including phenoxy) is 1. The molecule has 18 heavy (non-hydrogen) atoms. The van der Waals surface area contributed by atoms with E-state index in [0.29, 0.717) is 12.2 Å². The van der Waals surface area contributed by atoms with Crippen molar-refractivity contribution in [2.24, 2.45) is 11.8 Å². The van der Waals surface area contributed by atoms with Gasteiger partial charge >= 0.3 is 5.97 Å². The van der Waals surface area contributed by atoms with Gasteiger partial charge in [-0.05, 0) is 18.8 Å². The predicted molar refractivity (Wildman–Crippen MR) is 67.8 cm³/mol. The van der Waals surface area contributed by atoms with E-state index in [-0.39, 0.29) is 18.3 Å². The number of carbonyl (C=O) groups is 2. The number of rotatable bonds is 8. The van der Waals surface area contributed by atoms with Crippen LogP contribution in [-0.4, -0.2) is 23.7 Å². The second-order valence-electron chi connectivity index (χ2n) is 5.07. The first kappa shape index (κ1) is 15.2. The SMILES string of the molecule is CCCCCCC1C(=O)CCC1CC(=O)OCO. The number of aliphatic hydroxyl groups is 1. The van der Waals surface area contributed by atoms with Gasteiger partial charge in [0.1, 0.15) is 5.78 Å². The molecule has 0 aliphatic heterocycles. The summed E-state index contributed by atoms with van der Waals surface area (Å²) in [4.78, 5) is 23.1. The van der Waals surface area contributed by atoms with E-state index in [1.54, 1.807) is 0 Å². The number of unbranched alkanes of at least 4 members (excludes halogenated alkanes) is 3. The Kier molecular flexibility index (Phi) is 6.94. The molecule has 0 saturated heterocycles. The van der Waals surface area contributed by atoms with Crippen molar-refractivity contribution >= 4 is 11.8 Å². The largest absolute Gasteiger partial charge is 0.439 e. The zero-order valence-electron chi connectivity index (χ0n) is 11.2. The van der Waals surface area contributed by atoms with Crippen molar-refractivity contribution in [3.05, 3.63) is 0 Å². The summed E-state index contributed by atoms with van der Waals surface area (Å²) in [5, 5.41) is 8.52. The highest BCUT2D eigenvalue weighted by Crippen LogP contribution is 2.35. The Labute approximate surface area is 109 Å². The fraction of sp³-hybridized carbons (Fsp3) is 0.857. The van der Waals surface area contributed by atoms with Crippen LogP contribution in [0.3, 0.4) is 0 Å². The second-order valence-corrected chi connectivity index (χ2v) is 5.07. The Bertz CT molecular complexity index is 275. The minimum absolute atomic E-state index is 0.0353. The van der Waals surface area contributed by atoms with Crippen LogP contribution in [0.4, 0.5) is 0 Å². The van der Waals surface area contributed by atoms with E-state index in [1.807, 2.05) is 0 Å². The summed E-state index contributed by atoms with van der Waals surface area (Å²) >= 11 is 0. The van der Waals surface area contributed by atoms with Crippen molar-refractivity contribution in [3.63, 3.8) is 0 Å². The van der Waals surface area contributed by atoms with Crippen molar-refractivity contribution < 1.29 is 19.4 Å². The van der Waals surface area contributed by atoms with Crippen LogP contribution in [0, 0.1) is 11.8 Å². The van der Waals surface area contributed by atoms with Crippen LogP contribution in [-0.2, 0) is 14.3 Å². The van der Waals surface area contributed by atoms with E-state index >= 15 is 0 Å². The topological polar surface area (TPSA) is 63.6 Å². The second kappa shape index (κ2) is 8.25. The minimum atomic E-state index is -0.569. The average Bonchev–Trinajstić information content (AvgIpc) is 2.67. The smallest absolute Gasteiger partial charge is 0.308 e. The van der Waals surface area contributed by atoms with Gasteiger partial charge in [0.25, 0.3) is 0 Å². The van der Waals surface area contributed by atoms with Crippen LogP contribution in [0.25, 0.3) is 0 Å². The third-order valence-corrected chi connectivity index (χ3v) is 3.77. The van der Waals surface area contributed by atoms with Gasteiger partial charge in [0.15, 0.2) is 6.79 Å². The van der Waals surface area contributed by atoms with Gasteiger partial charge in [-0.2, -0.15) is 0 Å². The summed E-state index contributed by atoms with van der Waals surface area (Å²) in [6.07, 6.45) is 7.17. The Morgan fingerprint density at radius 1 is 1.39 bits per heavy atom. The van der Waals surface area contributed by atoms with Crippen molar-refractivity contribution in [1.29, 1.82) is 0 Å². The van der Waals surface area contributed by atoms with Gasteiger partial charge in [-0.25, -0.2) is 0 Å². The fourth-order valence-electron chi connectivity index (χ4n) is 2.75. The maximum atomic E-state index is 11.8. The lowest BCUT2D eigenvalue weighted by molar-refractivity contribution is -0.153. The summed E-state index contributed by atoms with van der Waals surface area (Å²) in [5.74, 6) is 0.0651. The molecule has 104 valence electrons. The highest BCUT2D eigenvalue weighted by molar-refractivity contribution is 5.84. The Hall–Kier alpha value is -0.900. The van der Waals surface area contributed by atoms with Crippen LogP contribution >= 0.6 is 0 Å². The van der Waals surface area contributed by atoms with Gasteiger partial charge in [-0.3, -0.25) is 9.59 Å². The highest BCUT2D eigenvalue weighted by atomic mass is 16.6. The third-order valence-electron chi connectivity index (χ3n) is 3.77. The molecular formula is C14H24O4. The van der Waals surface area contributed by atoms with E-state index < -0.39 is 12.8 Å². The molecule has 0 amide bonds. The van der Waals surface area contributed by atoms with Gasteiger partial charge in [-0.15, -0.1) is 0 Å². The fourth-order valence-corrected chi connectivity index (χ4v) is 2.75. The molecule has 4 heteroatoms. The molecule has 0 aromatic heterocycles. The van der Waals surface area contributed by atoms with Gasteiger partial charge in [0.2, 0.25) is 0 Å². The monoisotopic (exact) mass is 256 g/mol. The number of aliphatic hydroxyl groups excluding tert-OH is 1. The maximum Gasteiger partial charge on any atom is 0.308 e. The zero-order chi connectivity index (χ0) is 13.4. The van der Waals surface area contributed by atoms with Crippen LogP contribution < -0.4 is 0 Å². The number of ketones is 1. The van der Waals surface area contributed by atoms with E-state index in [1.165, 1.54) is 12.8 Å². The molecule has 1 aliphatic rings. The van der Waals surface area contributed by atoms with Crippen LogP contribution in [0.5, 0.6) is 0 Å². The van der Waals surface area contributed by atoms with Gasteiger partial charge in [-0.1, -0.05) is 32.6 Å². The van der Waals surface area contributed by atoms with Gasteiger partial charge in [0, 0.05) is 18.8 Å². The summed E-state index contributed by atoms with van der Waals surface area (Å²) in [6.45, 7) is 1.59. The molecular weight excluding hydrogens is 232 g/mol. The lowest BCUT2D eigenvalue weighted by Gasteiger charge is -2.17. The van der Waals surface area contributed by atoms with Crippen molar-refractivity contribution in [2.75, 3.05) is 6.79 Å². The summed E-state index contributed by atoms with van der Waals surface area (Å²) in [7, 11) is 0. The molecule has 4 nitrogen and oxygen atoms in total. The van der Waals surface area contributed by atoms with E-state index in [2.05, 4.69) is 11.7 Å². The van der Waals surface area contributed by atoms with E-state index in [9.17, 15) is 9.59 Å². The standard InChI is InChI=1S/C14H24O4/c1-2-3-4-5-6-12-11(7-8-13(12)16)9-14(17)18-10-15/h11-12,15H,2-10H2,1H3. The van der Waals surface area contributed by atoms with Gasteiger partial charge in [0.05, 0.1) is 0 Å². The third kappa shape index (κ3) is 4.77. The number of Topliss-reactive ketones (excluding diaryl/α,β-unsaturated/α-hetero) is 1. The molecule has 1 N–H and O–H groups in total. The molecule has 2 atom stereocenters. The average molecular weight is 256 g/mol. The molecule has 0 aromatic carbocycles. The lowest BCUT2D eigenvalue weighted by Crippen LogP contribution is -2.19. The van der Waals surface area contributed by atoms with Crippen molar-refractivity contribution in [1.82, 2.24) is 0 Å². The summed E-state index contributed by atoms with van der Waals surface area (Å²) in [6, 6.07) is 0. The lowest BCUT2D eigenvalue weighted by atomic mass is 9.88. The van der Waals surface area contributed by atoms with E-state index in [4.69, 9.17) is 5.11 Å². The molecule has 0 heterocycles. The molecule has 0 aromatic rings. The number of hydrogen-bond donors (Lipinski definition) is 1. The Morgan fingerprint density at radius 2 is 2.17 bits per heavy atom. The first-order chi connectivity index (χ1) is 8.69. The highest BCUT2D eigenvalue weighted by Gasteiger charge is 2.35. The number of hydrogen-bond acceptors (Lipinski definition) is 4. The summed E-state index contributed by atoms with van der Waals surface area (Å²) in [5.41, 5.74) is 0. The van der Waals surface area contributed by atoms with Crippen LogP contribution in [0.15, 0.2) is 0 Å². The van der Waals surface area contributed by atoms with Crippen molar-refractivity contribution in [3.8, 4) is 0 Å². The van der Waals surface area contributed by atoms with E-state index in [0.717, 1.165) is 25.7 Å². The first-order valence-electron chi connectivity index (χ1n) is 6.98. The van der Waals surface area contributed by atoms with Gasteiger partial charge < -0.3 is 9.84 Å². The molecule has 0 bridgehead atoms. The Balaban J connectivity index is 2.36. The Morgan fingerprint density at radius 3 is 2.83 bits per heavy atom. The molecule has 1 rings (SSSR count). The molecule has 1 aliphatic carbocycles. The number of carbonyl (C=O) groups excluding carboxylic acids is 2. The molecule has 1 fully saturated rings. The minimum Gasteiger partial charge on any atom is -0.439 e. The molecule has 0 spiro atoms. The quantitative estimate of drug-likeness (QED) is 0.411. The van der Waals surface area contributed by atoms with Crippen LogP contribution in [0.2, 0.25) is 0 Å². The predicted octanol–water partition coefficient (Wildman–Crippen LogP) is 2.44. The molecule has 2 unspecified atom stereocenters. The molecule has 1 saturated carbocycles. The zero-order valence-corrected chi connectivity index (χ0v) is 11.2. The first-order valence-corrected chi connectivity index (χ1v) is 6.98. The summed E-state index contributed by atoms with van der Waals surface area (Å²) < 4.78 is 4.54. The number of esters is 1. The van der Waals surface area contributed by atoms with Crippen LogP contribution in [0.1, 0.15) is 58.3 Å².